The van der Waals surface area contributed by atoms with E-state index in [0.29, 0.717) is 6.42 Å². The molecule has 2 aromatic rings. The number of hydrogen-bond donors (Lipinski definition) is 2. The SMILES string of the molecule is CC(=O)N1c2ccc(-c3ccc(CN4CCN(C)CC4)cc3)cc2[C@@H](NC(=O)O)C[C@H]1C. The monoisotopic (exact) mass is 436 g/mol. The standard InChI is InChI=1S/C25H32N4O3/c1-17-14-23(26-25(31)32)22-15-21(8-9-24(22)29(17)18(2)30)20-6-4-19(5-7-20)16-28-12-10-27(3)11-13-28/h4-9,15,17,23,26H,10-14,16H2,1-3H3,(H,31,32)/t17-,23+/m1/s1. The molecule has 2 aliphatic rings. The Balaban J connectivity index is 1.58. The van der Waals surface area contributed by atoms with Crippen molar-refractivity contribution in [2.24, 2.45) is 0 Å². The molecule has 2 heterocycles. The molecule has 0 bridgehead atoms. The predicted octanol–water partition coefficient (Wildman–Crippen LogP) is 3.55. The zero-order valence-electron chi connectivity index (χ0n) is 19.0. The van der Waals surface area contributed by atoms with Gasteiger partial charge in [0.2, 0.25) is 5.91 Å². The molecule has 7 heteroatoms. The zero-order chi connectivity index (χ0) is 22.8. The minimum atomic E-state index is -1.05. The average Bonchev–Trinajstić information content (AvgIpc) is 2.75. The van der Waals surface area contributed by atoms with Crippen LogP contribution in [-0.4, -0.2) is 66.2 Å². The Hall–Kier alpha value is -2.90. The molecule has 0 spiro atoms. The van der Waals surface area contributed by atoms with Gasteiger partial charge in [-0.15, -0.1) is 0 Å². The molecular weight excluding hydrogens is 404 g/mol. The quantitative estimate of drug-likeness (QED) is 0.767. The lowest BCUT2D eigenvalue weighted by atomic mass is 9.89. The van der Waals surface area contributed by atoms with Gasteiger partial charge in [0, 0.05) is 51.4 Å². The van der Waals surface area contributed by atoms with E-state index in [9.17, 15) is 14.7 Å². The van der Waals surface area contributed by atoms with Gasteiger partial charge in [0.05, 0.1) is 6.04 Å². The van der Waals surface area contributed by atoms with Gasteiger partial charge in [0.15, 0.2) is 0 Å². The number of fused-ring (bicyclic) bond motifs is 1. The Labute approximate surface area is 189 Å². The summed E-state index contributed by atoms with van der Waals surface area (Å²) in [7, 11) is 2.16. The first-order chi connectivity index (χ1) is 15.3. The topological polar surface area (TPSA) is 76.1 Å². The van der Waals surface area contributed by atoms with E-state index >= 15 is 0 Å². The van der Waals surface area contributed by atoms with Crippen molar-refractivity contribution >= 4 is 17.7 Å². The maximum absolute atomic E-state index is 12.3. The molecule has 1 saturated heterocycles. The van der Waals surface area contributed by atoms with Crippen LogP contribution in [0.4, 0.5) is 10.5 Å². The molecule has 0 radical (unpaired) electrons. The number of nitrogens with zero attached hydrogens (tertiary/aromatic N) is 3. The zero-order valence-corrected chi connectivity index (χ0v) is 19.0. The Morgan fingerprint density at radius 2 is 1.69 bits per heavy atom. The second kappa shape index (κ2) is 9.30. The summed E-state index contributed by atoms with van der Waals surface area (Å²) in [6.07, 6.45) is -0.505. The van der Waals surface area contributed by atoms with Crippen molar-refractivity contribution in [3.8, 4) is 11.1 Å². The Morgan fingerprint density at radius 3 is 2.31 bits per heavy atom. The molecule has 4 rings (SSSR count). The number of amides is 2. The maximum Gasteiger partial charge on any atom is 0.405 e. The van der Waals surface area contributed by atoms with E-state index in [1.165, 1.54) is 5.56 Å². The molecule has 170 valence electrons. The van der Waals surface area contributed by atoms with E-state index in [2.05, 4.69) is 46.4 Å². The Bertz CT molecular complexity index is 983. The predicted molar refractivity (Wildman–Crippen MR) is 126 cm³/mol. The highest BCUT2D eigenvalue weighted by Gasteiger charge is 2.33. The number of benzene rings is 2. The molecule has 2 N–H and O–H groups in total. The summed E-state index contributed by atoms with van der Waals surface area (Å²) in [4.78, 5) is 30.2. The van der Waals surface area contributed by atoms with E-state index in [-0.39, 0.29) is 18.0 Å². The number of piperazine rings is 1. The summed E-state index contributed by atoms with van der Waals surface area (Å²) >= 11 is 0. The van der Waals surface area contributed by atoms with Crippen molar-refractivity contribution in [3.63, 3.8) is 0 Å². The normalized spacial score (nSPS) is 21.8. The van der Waals surface area contributed by atoms with Gasteiger partial charge in [-0.3, -0.25) is 9.69 Å². The summed E-state index contributed by atoms with van der Waals surface area (Å²) in [5.74, 6) is -0.0338. The minimum absolute atomic E-state index is 0.0338. The fraction of sp³-hybridized carbons (Fsp3) is 0.440. The maximum atomic E-state index is 12.3. The van der Waals surface area contributed by atoms with E-state index < -0.39 is 6.09 Å². The van der Waals surface area contributed by atoms with Crippen LogP contribution < -0.4 is 10.2 Å². The first-order valence-corrected chi connectivity index (χ1v) is 11.2. The van der Waals surface area contributed by atoms with E-state index in [1.54, 1.807) is 11.8 Å². The van der Waals surface area contributed by atoms with Crippen LogP contribution in [-0.2, 0) is 11.3 Å². The van der Waals surface area contributed by atoms with Crippen molar-refractivity contribution in [2.75, 3.05) is 38.1 Å². The second-order valence-corrected chi connectivity index (χ2v) is 9.03. The van der Waals surface area contributed by atoms with Gasteiger partial charge in [-0.2, -0.15) is 0 Å². The lowest BCUT2D eigenvalue weighted by molar-refractivity contribution is -0.117. The number of carboxylic acid groups (broad SMARTS) is 1. The van der Waals surface area contributed by atoms with Gasteiger partial charge < -0.3 is 20.2 Å². The van der Waals surface area contributed by atoms with Crippen LogP contribution in [0.1, 0.15) is 37.4 Å². The lowest BCUT2D eigenvalue weighted by Gasteiger charge is -2.39. The largest absolute Gasteiger partial charge is 0.465 e. The molecule has 1 fully saturated rings. The van der Waals surface area contributed by atoms with Gasteiger partial charge in [0.25, 0.3) is 0 Å². The summed E-state index contributed by atoms with van der Waals surface area (Å²) in [6.45, 7) is 8.85. The molecule has 0 unspecified atom stereocenters. The van der Waals surface area contributed by atoms with Crippen LogP contribution in [0.15, 0.2) is 42.5 Å². The number of carbonyl (C=O) groups is 2. The highest BCUT2D eigenvalue weighted by Crippen LogP contribution is 2.39. The molecule has 2 atom stereocenters. The molecule has 2 aliphatic heterocycles. The average molecular weight is 437 g/mol. The Kier molecular flexibility index (Phi) is 6.48. The molecule has 0 aromatic heterocycles. The molecule has 0 saturated carbocycles. The van der Waals surface area contributed by atoms with Gasteiger partial charge in [-0.05, 0) is 54.8 Å². The van der Waals surface area contributed by atoms with Crippen LogP contribution in [0, 0.1) is 0 Å². The number of hydrogen-bond acceptors (Lipinski definition) is 4. The first-order valence-electron chi connectivity index (χ1n) is 11.2. The van der Waals surface area contributed by atoms with Crippen molar-refractivity contribution < 1.29 is 14.7 Å². The van der Waals surface area contributed by atoms with Crippen molar-refractivity contribution in [1.82, 2.24) is 15.1 Å². The van der Waals surface area contributed by atoms with Crippen LogP contribution in [0.5, 0.6) is 0 Å². The van der Waals surface area contributed by atoms with E-state index in [0.717, 1.165) is 55.1 Å². The van der Waals surface area contributed by atoms with Crippen LogP contribution in [0.3, 0.4) is 0 Å². The first kappa shape index (κ1) is 22.3. The summed E-state index contributed by atoms with van der Waals surface area (Å²) in [5, 5.41) is 12.0. The van der Waals surface area contributed by atoms with Gasteiger partial charge in [0.1, 0.15) is 0 Å². The third-order valence-corrected chi connectivity index (χ3v) is 6.61. The fourth-order valence-corrected chi connectivity index (χ4v) is 4.88. The van der Waals surface area contributed by atoms with Crippen molar-refractivity contribution in [2.45, 2.75) is 38.9 Å². The fourth-order valence-electron chi connectivity index (χ4n) is 4.88. The highest BCUT2D eigenvalue weighted by atomic mass is 16.4. The third kappa shape index (κ3) is 4.79. The molecule has 0 aliphatic carbocycles. The molecule has 2 amide bonds. The highest BCUT2D eigenvalue weighted by molar-refractivity contribution is 5.94. The minimum Gasteiger partial charge on any atom is -0.465 e. The summed E-state index contributed by atoms with van der Waals surface area (Å²) in [5.41, 5.74) is 5.02. The van der Waals surface area contributed by atoms with Crippen molar-refractivity contribution in [3.05, 3.63) is 53.6 Å². The van der Waals surface area contributed by atoms with Crippen LogP contribution in [0.2, 0.25) is 0 Å². The molecule has 2 aromatic carbocycles. The molecule has 32 heavy (non-hydrogen) atoms. The second-order valence-electron chi connectivity index (χ2n) is 9.03. The summed E-state index contributed by atoms with van der Waals surface area (Å²) < 4.78 is 0. The Morgan fingerprint density at radius 1 is 1.03 bits per heavy atom. The lowest BCUT2D eigenvalue weighted by Crippen LogP contribution is -2.45. The van der Waals surface area contributed by atoms with Crippen LogP contribution >= 0.6 is 0 Å². The third-order valence-electron chi connectivity index (χ3n) is 6.61. The van der Waals surface area contributed by atoms with Gasteiger partial charge in [-0.1, -0.05) is 30.3 Å². The number of carbonyl (C=O) groups excluding carboxylic acids is 1. The molecular formula is C25H32N4O3. The van der Waals surface area contributed by atoms with Gasteiger partial charge in [-0.25, -0.2) is 4.79 Å². The molecule has 7 nitrogen and oxygen atoms in total. The summed E-state index contributed by atoms with van der Waals surface area (Å²) in [6, 6.07) is 14.2. The van der Waals surface area contributed by atoms with E-state index in [1.807, 2.05) is 25.1 Å². The number of rotatable bonds is 4. The van der Waals surface area contributed by atoms with Crippen molar-refractivity contribution in [1.29, 1.82) is 0 Å². The smallest absolute Gasteiger partial charge is 0.405 e. The van der Waals surface area contributed by atoms with E-state index in [4.69, 9.17) is 0 Å². The van der Waals surface area contributed by atoms with Gasteiger partial charge >= 0.3 is 6.09 Å². The number of nitrogens with one attached hydrogen (secondary N) is 1. The number of anilines is 1. The van der Waals surface area contributed by atoms with Crippen LogP contribution in [0.25, 0.3) is 11.1 Å². The number of likely N-dealkylation sites (N-methyl/N-ethyl adjacent to an activating group) is 1.